The van der Waals surface area contributed by atoms with Gasteiger partial charge in [0.15, 0.2) is 0 Å². The van der Waals surface area contributed by atoms with E-state index in [-0.39, 0.29) is 0 Å². The fourth-order valence-corrected chi connectivity index (χ4v) is 3.91. The predicted octanol–water partition coefficient (Wildman–Crippen LogP) is 9.77. The monoisotopic (exact) mass is 536 g/mol. The molecule has 0 amide bonds. The Balaban J connectivity index is 0.00000166. The van der Waals surface area contributed by atoms with E-state index >= 15 is 0 Å². The number of carboxylic acid groups (broad SMARTS) is 1. The van der Waals surface area contributed by atoms with Gasteiger partial charge >= 0.3 is 5.97 Å². The van der Waals surface area contributed by atoms with Gasteiger partial charge in [0, 0.05) is 5.57 Å². The van der Waals surface area contributed by atoms with Gasteiger partial charge in [-0.15, -0.1) is 0 Å². The number of allylic oxidation sites excluding steroid dienone is 1. The van der Waals surface area contributed by atoms with Crippen molar-refractivity contribution < 1.29 is 19.4 Å². The average molecular weight is 537 g/mol. The third kappa shape index (κ3) is 17.3. The number of nitrogens with zero attached hydrogens (tertiary/aromatic N) is 2. The molecule has 0 unspecified atom stereocenters. The molecule has 39 heavy (non-hydrogen) atoms. The second-order valence-electron chi connectivity index (χ2n) is 10.1. The van der Waals surface area contributed by atoms with Gasteiger partial charge in [0.05, 0.1) is 31.2 Å². The van der Waals surface area contributed by atoms with Gasteiger partial charge in [0.2, 0.25) is 0 Å². The summed E-state index contributed by atoms with van der Waals surface area (Å²) >= 11 is 0. The number of benzene rings is 2. The number of azo groups is 1. The standard InChI is InChI=1S/C31H44N2O3.C2H4O/c1-3-4-16-27-17-19-28(20-18-27)32-33-29-21-23-30(24-22-29)36-25-14-12-10-8-6-5-7-9-11-13-15-26(2)31(34)35;1-2-3-1/h15,17-24H,3-14,16,25H2,1-2H3,(H,34,35);1-2H2. The molecule has 0 radical (unpaired) electrons. The zero-order valence-electron chi connectivity index (χ0n) is 24.1. The van der Waals surface area contributed by atoms with Crippen LogP contribution in [0.3, 0.4) is 0 Å². The van der Waals surface area contributed by atoms with Crippen molar-refractivity contribution in [3.05, 3.63) is 65.7 Å². The number of ether oxygens (including phenoxy) is 2. The highest BCUT2D eigenvalue weighted by Crippen LogP contribution is 2.22. The fraction of sp³-hybridized carbons (Fsp3) is 0.545. The predicted molar refractivity (Wildman–Crippen MR) is 160 cm³/mol. The highest BCUT2D eigenvalue weighted by atomic mass is 16.6. The Kier molecular flexibility index (Phi) is 17.3. The first-order valence-electron chi connectivity index (χ1n) is 14.8. The van der Waals surface area contributed by atoms with E-state index in [4.69, 9.17) is 9.84 Å². The third-order valence-corrected chi connectivity index (χ3v) is 6.48. The number of hydrogen-bond acceptors (Lipinski definition) is 5. The molecule has 0 spiro atoms. The lowest BCUT2D eigenvalue weighted by molar-refractivity contribution is -0.132. The summed E-state index contributed by atoms with van der Waals surface area (Å²) in [6.45, 7) is 6.61. The van der Waals surface area contributed by atoms with Crippen molar-refractivity contribution in [1.82, 2.24) is 0 Å². The van der Waals surface area contributed by atoms with Gasteiger partial charge in [0.25, 0.3) is 0 Å². The second-order valence-corrected chi connectivity index (χ2v) is 10.1. The molecule has 2 aromatic rings. The molecule has 0 aromatic heterocycles. The minimum absolute atomic E-state index is 0.456. The molecule has 0 aliphatic carbocycles. The smallest absolute Gasteiger partial charge is 0.330 e. The van der Waals surface area contributed by atoms with E-state index in [2.05, 4.69) is 34.0 Å². The van der Waals surface area contributed by atoms with E-state index in [1.807, 2.05) is 42.5 Å². The lowest BCUT2D eigenvalue weighted by Crippen LogP contribution is -1.96. The number of hydrogen-bond donors (Lipinski definition) is 1. The van der Waals surface area contributed by atoms with Gasteiger partial charge < -0.3 is 14.6 Å². The summed E-state index contributed by atoms with van der Waals surface area (Å²) in [6, 6.07) is 16.1. The molecule has 0 saturated carbocycles. The van der Waals surface area contributed by atoms with Gasteiger partial charge in [-0.25, -0.2) is 4.79 Å². The Hall–Kier alpha value is -2.99. The van der Waals surface area contributed by atoms with Crippen LogP contribution in [-0.2, 0) is 16.0 Å². The molecule has 1 saturated heterocycles. The van der Waals surface area contributed by atoms with Crippen molar-refractivity contribution in [2.45, 2.75) is 97.3 Å². The van der Waals surface area contributed by atoms with Gasteiger partial charge in [-0.3, -0.25) is 0 Å². The SMILES string of the molecule is C1CO1.CCCCc1ccc(N=Nc2ccc(OCCCCCCCCCCCC=C(C)C(=O)O)cc2)cc1. The molecule has 1 heterocycles. The first kappa shape index (κ1) is 32.2. The maximum atomic E-state index is 10.7. The molecule has 0 atom stereocenters. The Morgan fingerprint density at radius 3 is 1.85 bits per heavy atom. The molecule has 1 aliphatic heterocycles. The molecule has 3 rings (SSSR count). The Morgan fingerprint density at radius 2 is 1.33 bits per heavy atom. The number of rotatable bonds is 19. The molecule has 6 heteroatoms. The minimum Gasteiger partial charge on any atom is -0.494 e. The summed E-state index contributed by atoms with van der Waals surface area (Å²) in [5, 5.41) is 17.5. The number of unbranched alkanes of at least 4 members (excludes halogenated alkanes) is 10. The summed E-state index contributed by atoms with van der Waals surface area (Å²) < 4.78 is 10.4. The van der Waals surface area contributed by atoms with Crippen molar-refractivity contribution in [2.24, 2.45) is 10.2 Å². The van der Waals surface area contributed by atoms with Crippen LogP contribution in [0.4, 0.5) is 11.4 Å². The topological polar surface area (TPSA) is 83.8 Å². The molecular weight excluding hydrogens is 488 g/mol. The minimum atomic E-state index is -0.809. The van der Waals surface area contributed by atoms with Crippen LogP contribution in [0, 0.1) is 0 Å². The van der Waals surface area contributed by atoms with Crippen LogP contribution in [0.5, 0.6) is 5.75 Å². The van der Waals surface area contributed by atoms with Crippen molar-refractivity contribution in [3.63, 3.8) is 0 Å². The molecule has 1 fully saturated rings. The van der Waals surface area contributed by atoms with Crippen molar-refractivity contribution >= 4 is 17.3 Å². The van der Waals surface area contributed by atoms with Crippen molar-refractivity contribution in [3.8, 4) is 5.75 Å². The van der Waals surface area contributed by atoms with Crippen LogP contribution < -0.4 is 4.74 Å². The number of carbonyl (C=O) groups is 1. The fourth-order valence-electron chi connectivity index (χ4n) is 3.91. The average Bonchev–Trinajstić information content (AvgIpc) is 3.84. The van der Waals surface area contributed by atoms with Crippen molar-refractivity contribution in [1.29, 1.82) is 0 Å². The van der Waals surface area contributed by atoms with E-state index in [1.54, 1.807) is 6.92 Å². The van der Waals surface area contributed by atoms with Gasteiger partial charge in [-0.1, -0.05) is 76.5 Å². The lowest BCUT2D eigenvalue weighted by Gasteiger charge is -2.06. The molecule has 0 bridgehead atoms. The van der Waals surface area contributed by atoms with Crippen LogP contribution in [0.25, 0.3) is 0 Å². The normalized spacial score (nSPS) is 12.7. The largest absolute Gasteiger partial charge is 0.494 e. The Bertz CT molecular complexity index is 963. The quantitative estimate of drug-likeness (QED) is 0.0838. The number of aliphatic carboxylic acids is 1. The van der Waals surface area contributed by atoms with Crippen LogP contribution in [0.1, 0.15) is 96.5 Å². The second kappa shape index (κ2) is 20.9. The summed E-state index contributed by atoms with van der Waals surface area (Å²) in [4.78, 5) is 10.7. The molecule has 6 nitrogen and oxygen atoms in total. The zero-order chi connectivity index (χ0) is 28.0. The Labute approximate surface area is 235 Å². The van der Waals surface area contributed by atoms with Crippen LogP contribution >= 0.6 is 0 Å². The van der Waals surface area contributed by atoms with Gasteiger partial charge in [-0.2, -0.15) is 10.2 Å². The van der Waals surface area contributed by atoms with Crippen molar-refractivity contribution in [2.75, 3.05) is 19.8 Å². The van der Waals surface area contributed by atoms with Crippen LogP contribution in [0.15, 0.2) is 70.4 Å². The summed E-state index contributed by atoms with van der Waals surface area (Å²) in [5.41, 5.74) is 3.50. The van der Waals surface area contributed by atoms with Crippen LogP contribution in [0.2, 0.25) is 0 Å². The maximum Gasteiger partial charge on any atom is 0.330 e. The van der Waals surface area contributed by atoms with Gasteiger partial charge in [0.1, 0.15) is 5.75 Å². The highest BCUT2D eigenvalue weighted by molar-refractivity contribution is 5.85. The highest BCUT2D eigenvalue weighted by Gasteiger charge is 1.99. The number of carboxylic acids is 1. The summed E-state index contributed by atoms with van der Waals surface area (Å²) in [5.74, 6) is 0.0682. The molecule has 2 aromatic carbocycles. The first-order valence-corrected chi connectivity index (χ1v) is 14.8. The zero-order valence-corrected chi connectivity index (χ0v) is 24.1. The van der Waals surface area contributed by atoms with E-state index in [0.29, 0.717) is 5.57 Å². The number of aryl methyl sites for hydroxylation is 1. The molecule has 214 valence electrons. The first-order chi connectivity index (χ1) is 19.1. The summed E-state index contributed by atoms with van der Waals surface area (Å²) in [7, 11) is 0. The van der Waals surface area contributed by atoms with E-state index in [9.17, 15) is 4.79 Å². The maximum absolute atomic E-state index is 10.7. The van der Waals surface area contributed by atoms with E-state index in [0.717, 1.165) is 62.6 Å². The Morgan fingerprint density at radius 1 is 0.821 bits per heavy atom. The third-order valence-electron chi connectivity index (χ3n) is 6.48. The van der Waals surface area contributed by atoms with E-state index < -0.39 is 5.97 Å². The molecule has 1 aliphatic rings. The lowest BCUT2D eigenvalue weighted by atomic mass is 10.1. The summed E-state index contributed by atoms with van der Waals surface area (Å²) in [6.07, 6.45) is 17.1. The van der Waals surface area contributed by atoms with Crippen LogP contribution in [-0.4, -0.2) is 30.9 Å². The number of epoxide rings is 1. The van der Waals surface area contributed by atoms with Gasteiger partial charge in [-0.05, 0) is 81.0 Å². The van der Waals surface area contributed by atoms with E-state index in [1.165, 1.54) is 63.4 Å². The molecular formula is C33H48N2O4. The molecule has 1 N–H and O–H groups in total.